The maximum Gasteiger partial charge on any atom is 0.310 e. The van der Waals surface area contributed by atoms with E-state index in [-0.39, 0.29) is 18.0 Å². The lowest BCUT2D eigenvalue weighted by Gasteiger charge is -2.18. The zero-order valence-corrected chi connectivity index (χ0v) is 14.8. The number of carbonyl (C=O) groups is 1. The molecule has 0 spiro atoms. The van der Waals surface area contributed by atoms with Gasteiger partial charge in [0.15, 0.2) is 12.4 Å². The average Bonchev–Trinajstić information content (AvgIpc) is 2.70. The standard InChI is InChI=1S/C19H19N3O5/c1-26-14-9-10-15-13(11-14)5-4-6-16(15)20-21-19(23)12-27-18-8-3-2-7-17(18)22(24)25/h2-3,7-11H,4-6,12H2,1H3,(H,21,23). The highest BCUT2D eigenvalue weighted by Gasteiger charge is 2.17. The first-order valence-electron chi connectivity index (χ1n) is 8.47. The van der Waals surface area contributed by atoms with Gasteiger partial charge in [-0.05, 0) is 49.1 Å². The van der Waals surface area contributed by atoms with Crippen LogP contribution in [0.4, 0.5) is 5.69 Å². The van der Waals surface area contributed by atoms with Crippen molar-refractivity contribution >= 4 is 17.3 Å². The summed E-state index contributed by atoms with van der Waals surface area (Å²) < 4.78 is 10.5. The fourth-order valence-electron chi connectivity index (χ4n) is 2.92. The van der Waals surface area contributed by atoms with Gasteiger partial charge in [-0.2, -0.15) is 5.10 Å². The molecule has 2 aromatic carbocycles. The molecule has 0 radical (unpaired) electrons. The van der Waals surface area contributed by atoms with E-state index in [0.29, 0.717) is 0 Å². The van der Waals surface area contributed by atoms with Gasteiger partial charge in [-0.1, -0.05) is 12.1 Å². The highest BCUT2D eigenvalue weighted by Crippen LogP contribution is 2.26. The fraction of sp³-hybridized carbons (Fsp3) is 0.263. The molecule has 140 valence electrons. The first-order valence-corrected chi connectivity index (χ1v) is 8.47. The molecule has 0 bridgehead atoms. The molecule has 0 saturated carbocycles. The van der Waals surface area contributed by atoms with Crippen LogP contribution in [0.25, 0.3) is 0 Å². The first-order chi connectivity index (χ1) is 13.1. The van der Waals surface area contributed by atoms with Crippen molar-refractivity contribution in [1.82, 2.24) is 5.43 Å². The zero-order valence-electron chi connectivity index (χ0n) is 14.8. The van der Waals surface area contributed by atoms with Crippen LogP contribution < -0.4 is 14.9 Å². The van der Waals surface area contributed by atoms with Gasteiger partial charge in [-0.25, -0.2) is 5.43 Å². The van der Waals surface area contributed by atoms with Crippen LogP contribution in [-0.2, 0) is 11.2 Å². The van der Waals surface area contributed by atoms with Crippen LogP contribution in [-0.4, -0.2) is 30.3 Å². The summed E-state index contributed by atoms with van der Waals surface area (Å²) in [4.78, 5) is 22.4. The number of hydrazone groups is 1. The van der Waals surface area contributed by atoms with Crippen molar-refractivity contribution < 1.29 is 19.2 Å². The lowest BCUT2D eigenvalue weighted by Crippen LogP contribution is -2.27. The molecule has 0 fully saturated rings. The van der Waals surface area contributed by atoms with E-state index in [1.807, 2.05) is 18.2 Å². The number of para-hydroxylation sites is 2. The Kier molecular flexibility index (Phi) is 5.65. The highest BCUT2D eigenvalue weighted by atomic mass is 16.6. The van der Waals surface area contributed by atoms with Gasteiger partial charge in [-0.15, -0.1) is 0 Å². The van der Waals surface area contributed by atoms with E-state index >= 15 is 0 Å². The average molecular weight is 369 g/mol. The van der Waals surface area contributed by atoms with Crippen molar-refractivity contribution in [2.24, 2.45) is 5.10 Å². The van der Waals surface area contributed by atoms with Gasteiger partial charge < -0.3 is 9.47 Å². The number of methoxy groups -OCH3 is 1. The van der Waals surface area contributed by atoms with Crippen LogP contribution in [0.1, 0.15) is 24.0 Å². The smallest absolute Gasteiger partial charge is 0.310 e. The second kappa shape index (κ2) is 8.31. The minimum absolute atomic E-state index is 0.0420. The number of nitro benzene ring substituents is 1. The second-order valence-corrected chi connectivity index (χ2v) is 5.98. The number of nitrogens with zero attached hydrogens (tertiary/aromatic N) is 2. The summed E-state index contributed by atoms with van der Waals surface area (Å²) >= 11 is 0. The van der Waals surface area contributed by atoms with Gasteiger partial charge in [0.1, 0.15) is 5.75 Å². The van der Waals surface area contributed by atoms with Gasteiger partial charge in [0, 0.05) is 11.6 Å². The molecule has 1 N–H and O–H groups in total. The van der Waals surface area contributed by atoms with Gasteiger partial charge in [-0.3, -0.25) is 14.9 Å². The monoisotopic (exact) mass is 369 g/mol. The van der Waals surface area contributed by atoms with E-state index in [4.69, 9.17) is 9.47 Å². The van der Waals surface area contributed by atoms with Gasteiger partial charge >= 0.3 is 5.69 Å². The van der Waals surface area contributed by atoms with Crippen molar-refractivity contribution in [3.63, 3.8) is 0 Å². The largest absolute Gasteiger partial charge is 0.497 e. The van der Waals surface area contributed by atoms with E-state index in [1.54, 1.807) is 13.2 Å². The molecule has 1 amide bonds. The molecule has 0 atom stereocenters. The molecule has 0 aliphatic heterocycles. The number of hydrogen-bond acceptors (Lipinski definition) is 6. The predicted molar refractivity (Wildman–Crippen MR) is 99.2 cm³/mol. The van der Waals surface area contributed by atoms with Crippen LogP contribution >= 0.6 is 0 Å². The lowest BCUT2D eigenvalue weighted by atomic mass is 9.90. The summed E-state index contributed by atoms with van der Waals surface area (Å²) in [6.45, 7) is -0.364. The highest BCUT2D eigenvalue weighted by molar-refractivity contribution is 6.03. The molecule has 0 unspecified atom stereocenters. The van der Waals surface area contributed by atoms with Crippen LogP contribution in [0.15, 0.2) is 47.6 Å². The number of rotatable bonds is 6. The van der Waals surface area contributed by atoms with Gasteiger partial charge in [0.2, 0.25) is 0 Å². The number of nitrogens with one attached hydrogen (secondary N) is 1. The summed E-state index contributed by atoms with van der Waals surface area (Å²) in [7, 11) is 1.62. The summed E-state index contributed by atoms with van der Waals surface area (Å²) in [6, 6.07) is 11.7. The van der Waals surface area contributed by atoms with Crippen molar-refractivity contribution in [2.45, 2.75) is 19.3 Å². The first kappa shape index (κ1) is 18.4. The van der Waals surface area contributed by atoms with E-state index in [2.05, 4.69) is 10.5 Å². The summed E-state index contributed by atoms with van der Waals surface area (Å²) in [5.74, 6) is 0.346. The van der Waals surface area contributed by atoms with Crippen LogP contribution in [0.5, 0.6) is 11.5 Å². The number of benzene rings is 2. The molecular weight excluding hydrogens is 350 g/mol. The number of amides is 1. The molecule has 8 heteroatoms. The minimum atomic E-state index is -0.555. The maximum absolute atomic E-state index is 12.0. The Hall–Kier alpha value is -3.42. The molecule has 8 nitrogen and oxygen atoms in total. The third-order valence-electron chi connectivity index (χ3n) is 4.22. The molecule has 2 aromatic rings. The lowest BCUT2D eigenvalue weighted by molar-refractivity contribution is -0.385. The fourth-order valence-corrected chi connectivity index (χ4v) is 2.92. The van der Waals surface area contributed by atoms with Crippen LogP contribution in [0.3, 0.4) is 0 Å². The third kappa shape index (κ3) is 4.41. The SMILES string of the molecule is COc1ccc2c(c1)CCCC2=NNC(=O)COc1ccccc1[N+](=O)[O-]. The minimum Gasteiger partial charge on any atom is -0.497 e. The number of aryl methyl sites for hydroxylation is 1. The Morgan fingerprint density at radius 1 is 1.26 bits per heavy atom. The summed E-state index contributed by atoms with van der Waals surface area (Å²) in [5.41, 5.74) is 5.18. The van der Waals surface area contributed by atoms with Crippen molar-refractivity contribution in [2.75, 3.05) is 13.7 Å². The number of hydrogen-bond donors (Lipinski definition) is 1. The molecule has 0 saturated heterocycles. The predicted octanol–water partition coefficient (Wildman–Crippen LogP) is 2.84. The van der Waals surface area contributed by atoms with E-state index in [9.17, 15) is 14.9 Å². The number of carbonyl (C=O) groups excluding carboxylic acids is 1. The molecule has 27 heavy (non-hydrogen) atoms. The Labute approximate surface area is 155 Å². The molecule has 3 rings (SSSR count). The Balaban J connectivity index is 1.64. The van der Waals surface area contributed by atoms with Gasteiger partial charge in [0.25, 0.3) is 5.91 Å². The Morgan fingerprint density at radius 2 is 2.07 bits per heavy atom. The number of nitro groups is 1. The number of ether oxygens (including phenoxy) is 2. The zero-order chi connectivity index (χ0) is 19.2. The summed E-state index contributed by atoms with van der Waals surface area (Å²) in [5, 5.41) is 15.2. The normalized spacial score (nSPS) is 14.3. The van der Waals surface area contributed by atoms with Crippen LogP contribution in [0.2, 0.25) is 0 Å². The van der Waals surface area contributed by atoms with Crippen LogP contribution in [0, 0.1) is 10.1 Å². The Bertz CT molecular complexity index is 895. The molecular formula is C19H19N3O5. The molecule has 1 aliphatic rings. The quantitative estimate of drug-likeness (QED) is 0.623. The van der Waals surface area contributed by atoms with E-state index in [0.717, 1.165) is 41.9 Å². The Morgan fingerprint density at radius 3 is 2.85 bits per heavy atom. The molecule has 1 aliphatic carbocycles. The third-order valence-corrected chi connectivity index (χ3v) is 4.22. The van der Waals surface area contributed by atoms with Crippen molar-refractivity contribution in [3.05, 3.63) is 63.7 Å². The van der Waals surface area contributed by atoms with E-state index < -0.39 is 10.8 Å². The van der Waals surface area contributed by atoms with Gasteiger partial charge in [0.05, 0.1) is 17.7 Å². The topological polar surface area (TPSA) is 103 Å². The van der Waals surface area contributed by atoms with Crippen molar-refractivity contribution in [3.8, 4) is 11.5 Å². The maximum atomic E-state index is 12.0. The van der Waals surface area contributed by atoms with E-state index in [1.165, 1.54) is 18.2 Å². The molecule has 0 aromatic heterocycles. The summed E-state index contributed by atoms with van der Waals surface area (Å²) in [6.07, 6.45) is 2.62. The number of fused-ring (bicyclic) bond motifs is 1. The van der Waals surface area contributed by atoms with Crippen molar-refractivity contribution in [1.29, 1.82) is 0 Å². The molecule has 0 heterocycles. The second-order valence-electron chi connectivity index (χ2n) is 5.98.